The molecule has 1 aliphatic heterocycles. The first-order valence-corrected chi connectivity index (χ1v) is 8.50. The Kier molecular flexibility index (Phi) is 6.66. The molecule has 0 aliphatic carbocycles. The summed E-state index contributed by atoms with van der Waals surface area (Å²) >= 11 is 0. The lowest BCUT2D eigenvalue weighted by Gasteiger charge is -2.27. The SMILES string of the molecule is CC(CC(=O)Nc1ccc(CCC(F)(F)F)cc1)C1CCNCC1. The van der Waals surface area contributed by atoms with Crippen LogP contribution in [0.25, 0.3) is 0 Å². The van der Waals surface area contributed by atoms with Gasteiger partial charge in [0.05, 0.1) is 0 Å². The fraction of sp³-hybridized carbons (Fsp3) is 0.611. The molecule has 1 atom stereocenters. The van der Waals surface area contributed by atoms with E-state index in [2.05, 4.69) is 17.6 Å². The van der Waals surface area contributed by atoms with Gasteiger partial charge < -0.3 is 10.6 Å². The summed E-state index contributed by atoms with van der Waals surface area (Å²) < 4.78 is 36.6. The number of benzene rings is 1. The molecule has 0 saturated carbocycles. The van der Waals surface area contributed by atoms with Gasteiger partial charge in [0.15, 0.2) is 0 Å². The van der Waals surface area contributed by atoms with Crippen LogP contribution < -0.4 is 10.6 Å². The minimum Gasteiger partial charge on any atom is -0.326 e. The lowest BCUT2D eigenvalue weighted by atomic mass is 9.84. The van der Waals surface area contributed by atoms with Crippen LogP contribution in [0.5, 0.6) is 0 Å². The van der Waals surface area contributed by atoms with Crippen molar-refractivity contribution >= 4 is 11.6 Å². The molecule has 2 rings (SSSR count). The van der Waals surface area contributed by atoms with Crippen LogP contribution in [-0.2, 0) is 11.2 Å². The fourth-order valence-corrected chi connectivity index (χ4v) is 3.13. The fourth-order valence-electron chi connectivity index (χ4n) is 3.13. The highest BCUT2D eigenvalue weighted by Gasteiger charge is 2.26. The van der Waals surface area contributed by atoms with Gasteiger partial charge in [-0.05, 0) is 61.9 Å². The number of carbonyl (C=O) groups is 1. The second-order valence-corrected chi connectivity index (χ2v) is 6.63. The van der Waals surface area contributed by atoms with Gasteiger partial charge >= 0.3 is 6.18 Å². The highest BCUT2D eigenvalue weighted by atomic mass is 19.4. The van der Waals surface area contributed by atoms with E-state index in [-0.39, 0.29) is 12.3 Å². The smallest absolute Gasteiger partial charge is 0.326 e. The van der Waals surface area contributed by atoms with Gasteiger partial charge in [0.1, 0.15) is 0 Å². The Morgan fingerprint density at radius 2 is 1.88 bits per heavy atom. The molecular weight excluding hydrogens is 317 g/mol. The minimum atomic E-state index is -4.14. The van der Waals surface area contributed by atoms with Crippen LogP contribution in [-0.4, -0.2) is 25.2 Å². The summed E-state index contributed by atoms with van der Waals surface area (Å²) in [6.45, 7) is 4.13. The zero-order valence-electron chi connectivity index (χ0n) is 14.0. The number of hydrogen-bond donors (Lipinski definition) is 2. The average Bonchev–Trinajstić information content (AvgIpc) is 2.54. The van der Waals surface area contributed by atoms with Crippen molar-refractivity contribution in [2.75, 3.05) is 18.4 Å². The second kappa shape index (κ2) is 8.51. The Bertz CT molecular complexity index is 522. The number of anilines is 1. The standard InChI is InChI=1S/C18H25F3N2O/c1-13(15-7-10-22-11-8-15)12-17(24)23-16-4-2-14(3-5-16)6-9-18(19,20)21/h2-5,13,15,22H,6-12H2,1H3,(H,23,24). The van der Waals surface area contributed by atoms with Gasteiger partial charge in [-0.25, -0.2) is 0 Å². The van der Waals surface area contributed by atoms with Gasteiger partial charge in [0.25, 0.3) is 0 Å². The van der Waals surface area contributed by atoms with Crippen molar-refractivity contribution in [1.29, 1.82) is 0 Å². The first-order valence-electron chi connectivity index (χ1n) is 8.50. The van der Waals surface area contributed by atoms with Gasteiger partial charge in [-0.15, -0.1) is 0 Å². The molecule has 0 bridgehead atoms. The number of rotatable bonds is 6. The Balaban J connectivity index is 1.78. The molecule has 1 aromatic carbocycles. The van der Waals surface area contributed by atoms with Crippen LogP contribution >= 0.6 is 0 Å². The molecule has 6 heteroatoms. The van der Waals surface area contributed by atoms with Gasteiger partial charge in [-0.3, -0.25) is 4.79 Å². The van der Waals surface area contributed by atoms with Gasteiger partial charge in [-0.2, -0.15) is 13.2 Å². The molecule has 3 nitrogen and oxygen atoms in total. The molecule has 0 spiro atoms. The molecule has 1 aliphatic rings. The third kappa shape index (κ3) is 6.51. The number of carbonyl (C=O) groups excluding carboxylic acids is 1. The maximum atomic E-state index is 12.2. The van der Waals surface area contributed by atoms with Crippen molar-refractivity contribution in [1.82, 2.24) is 5.32 Å². The third-order valence-corrected chi connectivity index (χ3v) is 4.63. The molecule has 0 radical (unpaired) electrons. The van der Waals surface area contributed by atoms with E-state index in [1.165, 1.54) is 0 Å². The van der Waals surface area contributed by atoms with Crippen LogP contribution in [0, 0.1) is 11.8 Å². The van der Waals surface area contributed by atoms with Gasteiger partial charge in [0.2, 0.25) is 5.91 Å². The summed E-state index contributed by atoms with van der Waals surface area (Å²) in [6.07, 6.45) is -2.33. The summed E-state index contributed by atoms with van der Waals surface area (Å²) in [7, 11) is 0. The van der Waals surface area contributed by atoms with Crippen molar-refractivity contribution in [2.45, 2.75) is 45.2 Å². The topological polar surface area (TPSA) is 41.1 Å². The summed E-state index contributed by atoms with van der Waals surface area (Å²) in [4.78, 5) is 12.1. The molecule has 1 fully saturated rings. The molecular formula is C18H25F3N2O. The number of alkyl halides is 3. The van der Waals surface area contributed by atoms with E-state index in [9.17, 15) is 18.0 Å². The van der Waals surface area contributed by atoms with E-state index in [1.54, 1.807) is 24.3 Å². The number of halogens is 3. The molecule has 1 amide bonds. The second-order valence-electron chi connectivity index (χ2n) is 6.63. The van der Waals surface area contributed by atoms with E-state index < -0.39 is 12.6 Å². The van der Waals surface area contributed by atoms with E-state index in [0.717, 1.165) is 25.9 Å². The van der Waals surface area contributed by atoms with Gasteiger partial charge in [0, 0.05) is 18.5 Å². The van der Waals surface area contributed by atoms with Crippen LogP contribution in [0.4, 0.5) is 18.9 Å². The minimum absolute atomic E-state index is 0.0372. The largest absolute Gasteiger partial charge is 0.389 e. The first-order chi connectivity index (χ1) is 11.3. The number of nitrogens with one attached hydrogen (secondary N) is 2. The maximum Gasteiger partial charge on any atom is 0.389 e. The van der Waals surface area contributed by atoms with E-state index in [1.807, 2.05) is 0 Å². The highest BCUT2D eigenvalue weighted by Crippen LogP contribution is 2.25. The van der Waals surface area contributed by atoms with E-state index >= 15 is 0 Å². The van der Waals surface area contributed by atoms with Crippen LogP contribution in [0.15, 0.2) is 24.3 Å². The van der Waals surface area contributed by atoms with Crippen molar-refractivity contribution in [3.63, 3.8) is 0 Å². The molecule has 134 valence electrons. The number of piperidine rings is 1. The molecule has 2 N–H and O–H groups in total. The molecule has 1 aromatic rings. The number of amides is 1. The van der Waals surface area contributed by atoms with Crippen molar-refractivity contribution in [3.8, 4) is 0 Å². The van der Waals surface area contributed by atoms with Crippen molar-refractivity contribution < 1.29 is 18.0 Å². The normalized spacial score (nSPS) is 17.5. The summed E-state index contributed by atoms with van der Waals surface area (Å²) in [5.41, 5.74) is 1.25. The Hall–Kier alpha value is -1.56. The number of hydrogen-bond acceptors (Lipinski definition) is 2. The van der Waals surface area contributed by atoms with Crippen LogP contribution in [0.1, 0.15) is 38.2 Å². The predicted molar refractivity (Wildman–Crippen MR) is 88.8 cm³/mol. The lowest BCUT2D eigenvalue weighted by Crippen LogP contribution is -2.32. The number of aryl methyl sites for hydroxylation is 1. The molecule has 1 saturated heterocycles. The van der Waals surface area contributed by atoms with Crippen LogP contribution in [0.3, 0.4) is 0 Å². The van der Waals surface area contributed by atoms with Crippen LogP contribution in [0.2, 0.25) is 0 Å². The monoisotopic (exact) mass is 342 g/mol. The maximum absolute atomic E-state index is 12.2. The highest BCUT2D eigenvalue weighted by molar-refractivity contribution is 5.90. The zero-order valence-corrected chi connectivity index (χ0v) is 14.0. The lowest BCUT2D eigenvalue weighted by molar-refractivity contribution is -0.134. The zero-order chi connectivity index (χ0) is 17.6. The summed E-state index contributed by atoms with van der Waals surface area (Å²) in [5.74, 6) is 0.865. The first kappa shape index (κ1) is 18.8. The van der Waals surface area contributed by atoms with Gasteiger partial charge in [-0.1, -0.05) is 19.1 Å². The predicted octanol–water partition coefficient (Wildman–Crippen LogP) is 4.15. The Morgan fingerprint density at radius 1 is 1.25 bits per heavy atom. The average molecular weight is 342 g/mol. The summed E-state index contributed by atoms with van der Waals surface area (Å²) in [6, 6.07) is 6.60. The van der Waals surface area contributed by atoms with Crippen molar-refractivity contribution in [2.24, 2.45) is 11.8 Å². The molecule has 1 heterocycles. The Morgan fingerprint density at radius 3 is 2.46 bits per heavy atom. The molecule has 1 unspecified atom stereocenters. The summed E-state index contributed by atoms with van der Waals surface area (Å²) in [5, 5.41) is 6.15. The Labute approximate surface area is 141 Å². The van der Waals surface area contributed by atoms with E-state index in [0.29, 0.717) is 29.5 Å². The van der Waals surface area contributed by atoms with E-state index in [4.69, 9.17) is 0 Å². The molecule has 24 heavy (non-hydrogen) atoms. The van der Waals surface area contributed by atoms with Crippen molar-refractivity contribution in [3.05, 3.63) is 29.8 Å². The quantitative estimate of drug-likeness (QED) is 0.815. The third-order valence-electron chi connectivity index (χ3n) is 4.63. The molecule has 0 aromatic heterocycles.